The Labute approximate surface area is 377 Å². The van der Waals surface area contributed by atoms with Crippen molar-refractivity contribution in [2.75, 3.05) is 13.1 Å². The van der Waals surface area contributed by atoms with Crippen molar-refractivity contribution in [1.29, 1.82) is 0 Å². The van der Waals surface area contributed by atoms with Crippen LogP contribution in [0.25, 0.3) is 0 Å². The minimum absolute atomic E-state index is 0.145. The first-order valence-electron chi connectivity index (χ1n) is 22.6. The lowest BCUT2D eigenvalue weighted by Gasteiger charge is -2.33. The van der Waals surface area contributed by atoms with Crippen molar-refractivity contribution in [2.45, 2.75) is 37.1 Å². The van der Waals surface area contributed by atoms with Crippen LogP contribution in [0.5, 0.6) is 0 Å². The highest BCUT2D eigenvalue weighted by molar-refractivity contribution is 7.74. The summed E-state index contributed by atoms with van der Waals surface area (Å²) in [7, 11) is -6.79. The van der Waals surface area contributed by atoms with Crippen LogP contribution in [-0.2, 0) is 9.13 Å². The maximum Gasteiger partial charge on any atom is 0.204 e. The summed E-state index contributed by atoms with van der Waals surface area (Å²) in [6, 6.07) is 59.7. The maximum atomic E-state index is 16.4. The van der Waals surface area contributed by atoms with E-state index in [2.05, 4.69) is 94.3 Å². The Kier molecular flexibility index (Phi) is 12.1. The van der Waals surface area contributed by atoms with Gasteiger partial charge in [0.05, 0.1) is 24.3 Å². The smallest absolute Gasteiger partial charge is 0.204 e. The first-order valence-corrected chi connectivity index (χ1v) is 25.9. The third-order valence-corrected chi connectivity index (χ3v) is 20.4. The molecule has 2 N–H and O–H groups in total. The molecule has 2 aliphatic carbocycles. The highest BCUT2D eigenvalue weighted by Crippen LogP contribution is 2.73. The van der Waals surface area contributed by atoms with Crippen LogP contribution in [0, 0.1) is 23.7 Å². The molecule has 2 saturated heterocycles. The average molecular weight is 881 g/mol. The zero-order chi connectivity index (χ0) is 43.7. The Morgan fingerprint density at radius 1 is 0.422 bits per heavy atom. The van der Waals surface area contributed by atoms with Crippen LogP contribution in [0.15, 0.2) is 229 Å². The number of fused-ring (bicyclic) bond motifs is 2. The molecule has 4 aliphatic rings. The minimum Gasteiger partial charge on any atom is -0.387 e. The largest absolute Gasteiger partial charge is 0.387 e. The molecule has 10 rings (SSSR count). The molecule has 8 heteroatoms. The van der Waals surface area contributed by atoms with Gasteiger partial charge in [-0.1, -0.05) is 194 Å². The molecule has 2 fully saturated rings. The Hall–Kier alpha value is -5.42. The van der Waals surface area contributed by atoms with Gasteiger partial charge in [0.1, 0.15) is 0 Å². The first kappa shape index (κ1) is 42.5. The zero-order valence-electron chi connectivity index (χ0n) is 35.7. The van der Waals surface area contributed by atoms with Crippen LogP contribution >= 0.6 is 14.6 Å². The fourth-order valence-electron chi connectivity index (χ4n) is 10.7. The minimum atomic E-state index is -3.39. The Bertz CT molecular complexity index is 2570. The van der Waals surface area contributed by atoms with Gasteiger partial charge in [-0.15, -0.1) is 0 Å². The molecule has 0 saturated carbocycles. The summed E-state index contributed by atoms with van der Waals surface area (Å²) < 4.78 is 37.3. The van der Waals surface area contributed by atoms with Gasteiger partial charge in [-0.25, -0.2) is 9.34 Å². The molecule has 0 bridgehead atoms. The summed E-state index contributed by atoms with van der Waals surface area (Å²) in [5, 5.41) is 26.7. The predicted octanol–water partition coefficient (Wildman–Crippen LogP) is 11.9. The van der Waals surface area contributed by atoms with Crippen molar-refractivity contribution >= 4 is 25.2 Å². The van der Waals surface area contributed by atoms with E-state index in [1.807, 2.05) is 133 Å². The normalized spacial score (nSPS) is 28.5. The van der Waals surface area contributed by atoms with Gasteiger partial charge < -0.3 is 10.2 Å². The second-order valence-electron chi connectivity index (χ2n) is 17.4. The molecule has 6 aromatic rings. The second kappa shape index (κ2) is 18.2. The summed E-state index contributed by atoms with van der Waals surface area (Å²) in [5.74, 6) is -0.958. The molecule has 0 aromatic heterocycles. The monoisotopic (exact) mass is 880 g/mol. The predicted molar refractivity (Wildman–Crippen MR) is 260 cm³/mol. The van der Waals surface area contributed by atoms with Crippen molar-refractivity contribution in [1.82, 2.24) is 9.34 Å². The van der Waals surface area contributed by atoms with Gasteiger partial charge in [-0.3, -0.25) is 9.13 Å². The molecule has 0 radical (unpaired) electrons. The molecule has 0 spiro atoms. The lowest BCUT2D eigenvalue weighted by molar-refractivity contribution is 0.149. The fraction of sp³-hybridized carbons (Fsp3) is 0.214. The molecular weight excluding hydrogens is 827 g/mol. The van der Waals surface area contributed by atoms with E-state index in [1.54, 1.807) is 0 Å². The molecule has 322 valence electrons. The van der Waals surface area contributed by atoms with Crippen molar-refractivity contribution in [3.63, 3.8) is 0 Å². The van der Waals surface area contributed by atoms with E-state index in [1.165, 1.54) is 0 Å². The van der Waals surface area contributed by atoms with Crippen molar-refractivity contribution < 1.29 is 19.3 Å². The van der Waals surface area contributed by atoms with Gasteiger partial charge >= 0.3 is 0 Å². The second-order valence-corrected chi connectivity index (χ2v) is 22.8. The molecule has 2 aliphatic heterocycles. The Balaban J connectivity index is 1.01. The highest BCUT2D eigenvalue weighted by Gasteiger charge is 2.56. The Morgan fingerprint density at radius 2 is 0.734 bits per heavy atom. The van der Waals surface area contributed by atoms with E-state index in [9.17, 15) is 10.2 Å². The number of aliphatic hydroxyl groups is 2. The van der Waals surface area contributed by atoms with Crippen LogP contribution in [0.4, 0.5) is 0 Å². The highest BCUT2D eigenvalue weighted by atomic mass is 31.2. The SMILES string of the molecule is O=[P@@]1(c2ccccc2)C2=C[C@@H]([C@H](O)c3ccccc3)C=C[C@H]2[C@H](c2ccccc2)N1CCCCN1[C@H](c2ccccc2)[C@H]2C=C[C@@H]([C@@H](O)c3ccccc3)C=C2[P@]1(=O)c1ccccc1. The lowest BCUT2D eigenvalue weighted by Crippen LogP contribution is -2.29. The van der Waals surface area contributed by atoms with E-state index in [0.717, 1.165) is 43.5 Å². The molecular formula is C56H54N2O4P2. The quantitative estimate of drug-likeness (QED) is 0.0683. The number of benzene rings is 6. The third kappa shape index (κ3) is 7.61. The third-order valence-electron chi connectivity index (χ3n) is 13.8. The van der Waals surface area contributed by atoms with E-state index in [-0.39, 0.29) is 35.8 Å². The molecule has 6 aromatic carbocycles. The molecule has 64 heavy (non-hydrogen) atoms. The van der Waals surface area contributed by atoms with Crippen LogP contribution in [0.2, 0.25) is 0 Å². The van der Waals surface area contributed by atoms with Gasteiger partial charge in [0, 0.05) is 58.0 Å². The summed E-state index contributed by atoms with van der Waals surface area (Å²) in [5.41, 5.74) is 3.86. The standard InChI is InChI=1S/C56H54N2O4P2/c59-55(43-25-11-3-12-26-43)45-33-35-49-51(39-45)63(61,47-29-15-5-16-30-47)57(53(49)41-21-7-1-8-22-41)37-19-20-38-58-54(42-23-9-2-10-24-42)50-36-34-46(56(60)44-27-13-4-14-28-44)40-52(50)64(58,62)48-31-17-6-18-32-48/h1-18,21-36,39-40,45-46,49-50,53-56,59-60H,19-20,37-38H2/t45-,46+,49+,50-,53-,54+,55+,56-,63-,64+. The summed E-state index contributed by atoms with van der Waals surface area (Å²) >= 11 is 0. The van der Waals surface area contributed by atoms with Crippen LogP contribution in [0.3, 0.4) is 0 Å². The fourth-order valence-corrected chi connectivity index (χ4v) is 17.8. The van der Waals surface area contributed by atoms with Crippen LogP contribution in [-0.4, -0.2) is 32.6 Å². The molecule has 0 unspecified atom stereocenters. The topological polar surface area (TPSA) is 81.1 Å². The molecule has 6 nitrogen and oxygen atoms in total. The average Bonchev–Trinajstić information content (AvgIpc) is 3.78. The summed E-state index contributed by atoms with van der Waals surface area (Å²) in [6.07, 6.45) is 12.7. The van der Waals surface area contributed by atoms with E-state index in [4.69, 9.17) is 0 Å². The van der Waals surface area contributed by atoms with Gasteiger partial charge in [-0.05, 0) is 59.4 Å². The molecule has 2 heterocycles. The van der Waals surface area contributed by atoms with Gasteiger partial charge in [0.15, 0.2) is 0 Å². The zero-order valence-corrected chi connectivity index (χ0v) is 37.5. The van der Waals surface area contributed by atoms with E-state index in [0.29, 0.717) is 25.9 Å². The first-order chi connectivity index (χ1) is 31.4. The number of aliphatic hydroxyl groups excluding tert-OH is 2. The number of unbranched alkanes of at least 4 members (excludes halogenated alkanes) is 1. The van der Waals surface area contributed by atoms with Crippen LogP contribution < -0.4 is 10.6 Å². The van der Waals surface area contributed by atoms with Crippen LogP contribution in [0.1, 0.15) is 59.4 Å². The summed E-state index contributed by atoms with van der Waals surface area (Å²) in [6.45, 7) is 1.10. The van der Waals surface area contributed by atoms with E-state index < -0.39 is 26.8 Å². The number of nitrogens with zero attached hydrogens (tertiary/aromatic N) is 2. The number of hydrogen-bond acceptors (Lipinski definition) is 4. The number of rotatable bonds is 13. The van der Waals surface area contributed by atoms with Crippen molar-refractivity contribution in [2.24, 2.45) is 23.7 Å². The Morgan fingerprint density at radius 3 is 1.08 bits per heavy atom. The van der Waals surface area contributed by atoms with Gasteiger partial charge in [0.2, 0.25) is 14.6 Å². The lowest BCUT2D eigenvalue weighted by atomic mass is 9.84. The molecule has 0 amide bonds. The van der Waals surface area contributed by atoms with Gasteiger partial charge in [0.25, 0.3) is 0 Å². The van der Waals surface area contributed by atoms with Crippen molar-refractivity contribution in [3.05, 3.63) is 251 Å². The van der Waals surface area contributed by atoms with Gasteiger partial charge in [-0.2, -0.15) is 0 Å². The molecule has 10 atom stereocenters. The van der Waals surface area contributed by atoms with Crippen molar-refractivity contribution in [3.8, 4) is 0 Å². The number of hydrogen-bond donors (Lipinski definition) is 2. The van der Waals surface area contributed by atoms with E-state index >= 15 is 9.13 Å². The summed E-state index contributed by atoms with van der Waals surface area (Å²) in [4.78, 5) is 0. The maximum absolute atomic E-state index is 16.4.